The first-order chi connectivity index (χ1) is 11.9. The van der Waals surface area contributed by atoms with Crippen LogP contribution in [0.4, 0.5) is 0 Å². The van der Waals surface area contributed by atoms with E-state index in [2.05, 4.69) is 0 Å². The molecule has 1 fully saturated rings. The van der Waals surface area contributed by atoms with Gasteiger partial charge >= 0.3 is 5.97 Å². The Kier molecular flexibility index (Phi) is 4.75. The summed E-state index contributed by atoms with van der Waals surface area (Å²) in [6, 6.07) is 3.90. The van der Waals surface area contributed by atoms with Gasteiger partial charge in [-0.3, -0.25) is 19.3 Å². The number of aryl methyl sites for hydroxylation is 2. The molecular formula is C20H23NO4. The molecule has 5 heteroatoms. The normalized spacial score (nSPS) is 22.3. The van der Waals surface area contributed by atoms with Crippen molar-refractivity contribution in [2.45, 2.75) is 40.0 Å². The number of allylic oxidation sites excluding steroid dienone is 2. The minimum atomic E-state index is -0.426. The molecule has 3 rings (SSSR count). The van der Waals surface area contributed by atoms with Crippen LogP contribution in [0, 0.1) is 32.6 Å². The van der Waals surface area contributed by atoms with Crippen molar-refractivity contribution in [3.63, 3.8) is 0 Å². The smallest absolute Gasteiger partial charge is 0.313 e. The number of benzene rings is 1. The number of nitrogens with zero attached hydrogens (tertiary/aromatic N) is 1. The zero-order valence-corrected chi connectivity index (χ0v) is 14.9. The Bertz CT molecular complexity index is 739. The third kappa shape index (κ3) is 3.23. The van der Waals surface area contributed by atoms with Gasteiger partial charge in [-0.2, -0.15) is 0 Å². The van der Waals surface area contributed by atoms with E-state index in [1.165, 1.54) is 4.90 Å². The van der Waals surface area contributed by atoms with E-state index >= 15 is 0 Å². The summed E-state index contributed by atoms with van der Waals surface area (Å²) in [6.45, 7) is 5.85. The highest BCUT2D eigenvalue weighted by molar-refractivity contribution is 6.05. The van der Waals surface area contributed by atoms with Crippen molar-refractivity contribution < 1.29 is 19.1 Å². The molecule has 1 aromatic carbocycles. The Hall–Kier alpha value is -2.43. The SMILES string of the molecule is Cc1ccc(C)c(OC(=O)CCN2C(=O)[C@H]3CC=CC[C@@H]3C2=O)c1C. The number of likely N-dealkylation sites (tertiary alicyclic amines) is 1. The van der Waals surface area contributed by atoms with E-state index in [1.807, 2.05) is 45.1 Å². The number of hydrogen-bond acceptors (Lipinski definition) is 4. The number of hydrogen-bond donors (Lipinski definition) is 0. The highest BCUT2D eigenvalue weighted by atomic mass is 16.5. The fraction of sp³-hybridized carbons (Fsp3) is 0.450. The molecule has 0 aromatic heterocycles. The average Bonchev–Trinajstić information content (AvgIpc) is 2.85. The molecule has 25 heavy (non-hydrogen) atoms. The topological polar surface area (TPSA) is 63.7 Å². The van der Waals surface area contributed by atoms with E-state index < -0.39 is 5.97 Å². The summed E-state index contributed by atoms with van der Waals surface area (Å²) in [5.41, 5.74) is 2.87. The highest BCUT2D eigenvalue weighted by Crippen LogP contribution is 2.35. The van der Waals surface area contributed by atoms with Crippen molar-refractivity contribution in [2.75, 3.05) is 6.54 Å². The lowest BCUT2D eigenvalue weighted by Gasteiger charge is -2.15. The lowest BCUT2D eigenvalue weighted by atomic mass is 9.85. The summed E-state index contributed by atoms with van der Waals surface area (Å²) in [5, 5.41) is 0. The van der Waals surface area contributed by atoms with Gasteiger partial charge in [0.15, 0.2) is 0 Å². The minimum Gasteiger partial charge on any atom is -0.426 e. The van der Waals surface area contributed by atoms with Crippen molar-refractivity contribution >= 4 is 17.8 Å². The molecule has 0 unspecified atom stereocenters. The monoisotopic (exact) mass is 341 g/mol. The van der Waals surface area contributed by atoms with Gasteiger partial charge in [0, 0.05) is 6.54 Å². The maximum Gasteiger partial charge on any atom is 0.313 e. The Labute approximate surface area is 147 Å². The Morgan fingerprint density at radius 2 is 1.60 bits per heavy atom. The second kappa shape index (κ2) is 6.82. The van der Waals surface area contributed by atoms with E-state index in [0.717, 1.165) is 16.7 Å². The zero-order valence-electron chi connectivity index (χ0n) is 14.9. The summed E-state index contributed by atoms with van der Waals surface area (Å²) in [4.78, 5) is 38.3. The quantitative estimate of drug-likeness (QED) is 0.366. The standard InChI is InChI=1S/C20H23NO4/c1-12-8-9-13(2)18(14(12)3)25-17(22)10-11-21-19(23)15-6-4-5-7-16(15)20(21)24/h4-5,8-9,15-16H,6-7,10-11H2,1-3H3/t15-,16-/m0/s1. The fourth-order valence-electron chi connectivity index (χ4n) is 3.54. The van der Waals surface area contributed by atoms with Gasteiger partial charge in [-0.15, -0.1) is 0 Å². The molecule has 132 valence electrons. The van der Waals surface area contributed by atoms with E-state index in [-0.39, 0.29) is 36.6 Å². The number of ether oxygens (including phenoxy) is 1. The van der Waals surface area contributed by atoms with Crippen molar-refractivity contribution in [3.05, 3.63) is 41.0 Å². The van der Waals surface area contributed by atoms with Crippen LogP contribution >= 0.6 is 0 Å². The van der Waals surface area contributed by atoms with Gasteiger partial charge in [-0.1, -0.05) is 24.3 Å². The van der Waals surface area contributed by atoms with Gasteiger partial charge in [-0.05, 0) is 50.3 Å². The zero-order chi connectivity index (χ0) is 18.1. The van der Waals surface area contributed by atoms with Crippen LogP contribution in [0.15, 0.2) is 24.3 Å². The van der Waals surface area contributed by atoms with Gasteiger partial charge in [0.05, 0.1) is 18.3 Å². The summed E-state index contributed by atoms with van der Waals surface area (Å²) in [5.74, 6) is -0.679. The summed E-state index contributed by atoms with van der Waals surface area (Å²) < 4.78 is 5.51. The van der Waals surface area contributed by atoms with Crippen LogP contribution < -0.4 is 4.74 Å². The molecule has 1 aliphatic carbocycles. The molecule has 0 N–H and O–H groups in total. The minimum absolute atomic E-state index is 0.0111. The largest absolute Gasteiger partial charge is 0.426 e. The molecule has 0 bridgehead atoms. The average molecular weight is 341 g/mol. The first kappa shape index (κ1) is 17.4. The molecule has 1 aromatic rings. The first-order valence-corrected chi connectivity index (χ1v) is 8.68. The van der Waals surface area contributed by atoms with E-state index in [4.69, 9.17) is 4.74 Å². The summed E-state index contributed by atoms with van der Waals surface area (Å²) >= 11 is 0. The Morgan fingerprint density at radius 3 is 2.20 bits per heavy atom. The number of rotatable bonds is 4. The van der Waals surface area contributed by atoms with Crippen LogP contribution in [0.1, 0.15) is 36.0 Å². The van der Waals surface area contributed by atoms with Gasteiger partial charge < -0.3 is 4.74 Å². The molecule has 1 heterocycles. The van der Waals surface area contributed by atoms with Gasteiger partial charge in [-0.25, -0.2) is 0 Å². The molecule has 1 saturated heterocycles. The van der Waals surface area contributed by atoms with Crippen LogP contribution in [-0.2, 0) is 14.4 Å². The molecule has 1 aliphatic heterocycles. The Balaban J connectivity index is 1.63. The van der Waals surface area contributed by atoms with Gasteiger partial charge in [0.25, 0.3) is 0 Å². The number of amides is 2. The predicted octanol–water partition coefficient (Wildman–Crippen LogP) is 2.86. The van der Waals surface area contributed by atoms with E-state index in [0.29, 0.717) is 18.6 Å². The van der Waals surface area contributed by atoms with Crippen LogP contribution in [0.5, 0.6) is 5.75 Å². The van der Waals surface area contributed by atoms with Gasteiger partial charge in [0.2, 0.25) is 11.8 Å². The van der Waals surface area contributed by atoms with Crippen molar-refractivity contribution in [3.8, 4) is 5.75 Å². The number of fused-ring (bicyclic) bond motifs is 1. The van der Waals surface area contributed by atoms with Crippen LogP contribution in [-0.4, -0.2) is 29.2 Å². The highest BCUT2D eigenvalue weighted by Gasteiger charge is 2.46. The van der Waals surface area contributed by atoms with E-state index in [9.17, 15) is 14.4 Å². The lowest BCUT2D eigenvalue weighted by Crippen LogP contribution is -2.33. The second-order valence-corrected chi connectivity index (χ2v) is 6.86. The fourth-order valence-corrected chi connectivity index (χ4v) is 3.54. The number of carbonyl (C=O) groups excluding carboxylic acids is 3. The number of esters is 1. The Morgan fingerprint density at radius 1 is 1.04 bits per heavy atom. The molecular weight excluding hydrogens is 318 g/mol. The molecule has 2 atom stereocenters. The molecule has 2 aliphatic rings. The van der Waals surface area contributed by atoms with Crippen molar-refractivity contribution in [1.29, 1.82) is 0 Å². The molecule has 0 spiro atoms. The predicted molar refractivity (Wildman–Crippen MR) is 93.0 cm³/mol. The molecule has 2 amide bonds. The summed E-state index contributed by atoms with van der Waals surface area (Å²) in [6.07, 6.45) is 5.13. The second-order valence-electron chi connectivity index (χ2n) is 6.86. The summed E-state index contributed by atoms with van der Waals surface area (Å²) in [7, 11) is 0. The van der Waals surface area contributed by atoms with Gasteiger partial charge in [0.1, 0.15) is 5.75 Å². The van der Waals surface area contributed by atoms with E-state index in [1.54, 1.807) is 0 Å². The van der Waals surface area contributed by atoms with Crippen molar-refractivity contribution in [2.24, 2.45) is 11.8 Å². The number of carbonyl (C=O) groups is 3. The molecule has 5 nitrogen and oxygen atoms in total. The first-order valence-electron chi connectivity index (χ1n) is 8.68. The third-order valence-corrected chi connectivity index (χ3v) is 5.23. The number of imide groups is 1. The molecule has 0 radical (unpaired) electrons. The maximum atomic E-state index is 12.4. The van der Waals surface area contributed by atoms with Crippen LogP contribution in [0.25, 0.3) is 0 Å². The van der Waals surface area contributed by atoms with Crippen LogP contribution in [0.2, 0.25) is 0 Å². The lowest BCUT2D eigenvalue weighted by molar-refractivity contribution is -0.141. The van der Waals surface area contributed by atoms with Crippen molar-refractivity contribution in [1.82, 2.24) is 4.90 Å². The maximum absolute atomic E-state index is 12.4. The van der Waals surface area contributed by atoms with Crippen LogP contribution in [0.3, 0.4) is 0 Å². The molecule has 0 saturated carbocycles. The third-order valence-electron chi connectivity index (χ3n) is 5.23.